The Kier molecular flexibility index (Phi) is 2.85. The Hall–Kier alpha value is -2.10. The van der Waals surface area contributed by atoms with Crippen LogP contribution < -0.4 is 4.90 Å². The summed E-state index contributed by atoms with van der Waals surface area (Å²) in [5.74, 6) is 1.15. The van der Waals surface area contributed by atoms with E-state index in [2.05, 4.69) is 48.2 Å². The number of rotatable bonds is 1. The number of aryl methyl sites for hydroxylation is 2. The van der Waals surface area contributed by atoms with Gasteiger partial charge >= 0.3 is 0 Å². The summed E-state index contributed by atoms with van der Waals surface area (Å²) in [7, 11) is 4.10. The second-order valence-corrected chi connectivity index (χ2v) is 4.93. The number of fused-ring (bicyclic) bond motifs is 1. The monoisotopic (exact) mass is 254 g/mol. The van der Waals surface area contributed by atoms with Gasteiger partial charge in [0.2, 0.25) is 0 Å². The lowest BCUT2D eigenvalue weighted by molar-refractivity contribution is 0.728. The summed E-state index contributed by atoms with van der Waals surface area (Å²) in [4.78, 5) is 7.01. The Balaban J connectivity index is 2.22. The van der Waals surface area contributed by atoms with Crippen LogP contribution in [0, 0.1) is 6.92 Å². The average molecular weight is 254 g/mol. The fourth-order valence-electron chi connectivity index (χ4n) is 2.69. The molecule has 0 bridgehead atoms. The quantitative estimate of drug-likeness (QED) is 0.780. The highest BCUT2D eigenvalue weighted by Gasteiger charge is 2.24. The molecule has 4 heteroatoms. The molecule has 0 saturated heterocycles. The maximum absolute atomic E-state index is 4.78. The first kappa shape index (κ1) is 12.0. The number of likely N-dealkylation sites (N-methyl/N-ethyl adjacent to an activating group) is 1. The van der Waals surface area contributed by atoms with Crippen LogP contribution in [0.3, 0.4) is 0 Å². The van der Waals surface area contributed by atoms with Crippen LogP contribution in [-0.4, -0.2) is 35.6 Å². The third-order valence-electron chi connectivity index (χ3n) is 3.54. The van der Waals surface area contributed by atoms with Crippen LogP contribution in [-0.2, 0) is 7.05 Å². The Bertz CT molecular complexity index is 625. The van der Waals surface area contributed by atoms with E-state index in [9.17, 15) is 0 Å². The average Bonchev–Trinajstić information content (AvgIpc) is 2.59. The van der Waals surface area contributed by atoms with Gasteiger partial charge in [-0.25, -0.2) is 0 Å². The molecule has 0 radical (unpaired) electrons. The van der Waals surface area contributed by atoms with Crippen LogP contribution in [0.15, 0.2) is 35.3 Å². The van der Waals surface area contributed by atoms with E-state index in [-0.39, 0.29) is 0 Å². The molecule has 98 valence electrons. The zero-order valence-electron chi connectivity index (χ0n) is 11.6. The van der Waals surface area contributed by atoms with Crippen molar-refractivity contribution in [3.05, 3.63) is 47.2 Å². The Labute approximate surface area is 113 Å². The van der Waals surface area contributed by atoms with Gasteiger partial charge in [-0.1, -0.05) is 30.3 Å². The standard InChI is InChI=1S/C15H18N4/c1-11-13-14(12-7-5-4-6-8-12)16-9-10-18(2)15(13)19(3)17-11/h4-8H,9-10H2,1-3H3. The Morgan fingerprint density at radius 2 is 1.84 bits per heavy atom. The Morgan fingerprint density at radius 1 is 1.11 bits per heavy atom. The number of aliphatic imine (C=N–C) groups is 1. The minimum absolute atomic E-state index is 0.814. The first-order chi connectivity index (χ1) is 9.18. The second kappa shape index (κ2) is 4.53. The number of nitrogens with zero attached hydrogens (tertiary/aromatic N) is 4. The van der Waals surface area contributed by atoms with Crippen molar-refractivity contribution < 1.29 is 0 Å². The van der Waals surface area contributed by atoms with Gasteiger partial charge in [-0.2, -0.15) is 5.10 Å². The molecule has 0 N–H and O–H groups in total. The predicted molar refractivity (Wildman–Crippen MR) is 78.2 cm³/mol. The molecule has 3 rings (SSSR count). The molecule has 1 aliphatic rings. The van der Waals surface area contributed by atoms with E-state index in [1.807, 2.05) is 17.8 Å². The van der Waals surface area contributed by atoms with Gasteiger partial charge in [-0.05, 0) is 6.92 Å². The van der Waals surface area contributed by atoms with Crippen molar-refractivity contribution in [2.45, 2.75) is 6.92 Å². The van der Waals surface area contributed by atoms with E-state index >= 15 is 0 Å². The van der Waals surface area contributed by atoms with E-state index in [1.165, 1.54) is 0 Å². The van der Waals surface area contributed by atoms with Crippen molar-refractivity contribution in [1.29, 1.82) is 0 Å². The van der Waals surface area contributed by atoms with Crippen LogP contribution in [0.25, 0.3) is 0 Å². The van der Waals surface area contributed by atoms with Gasteiger partial charge < -0.3 is 4.90 Å². The highest BCUT2D eigenvalue weighted by atomic mass is 15.4. The van der Waals surface area contributed by atoms with Gasteiger partial charge in [0.15, 0.2) is 0 Å². The molecular weight excluding hydrogens is 236 g/mol. The highest BCUT2D eigenvalue weighted by molar-refractivity contribution is 6.16. The van der Waals surface area contributed by atoms with Crippen molar-refractivity contribution in [1.82, 2.24) is 9.78 Å². The molecule has 1 aliphatic heterocycles. The van der Waals surface area contributed by atoms with E-state index in [0.29, 0.717) is 0 Å². The van der Waals surface area contributed by atoms with E-state index in [4.69, 9.17) is 4.99 Å². The molecule has 1 aromatic heterocycles. The van der Waals surface area contributed by atoms with Gasteiger partial charge in [-0.15, -0.1) is 0 Å². The van der Waals surface area contributed by atoms with Gasteiger partial charge in [-0.3, -0.25) is 9.67 Å². The summed E-state index contributed by atoms with van der Waals surface area (Å²) in [6.07, 6.45) is 0. The Morgan fingerprint density at radius 3 is 2.58 bits per heavy atom. The van der Waals surface area contributed by atoms with Gasteiger partial charge in [0.05, 0.1) is 23.5 Å². The van der Waals surface area contributed by atoms with E-state index in [0.717, 1.165) is 41.4 Å². The number of anilines is 1. The summed E-state index contributed by atoms with van der Waals surface area (Å²) in [5.41, 5.74) is 4.42. The fraction of sp³-hybridized carbons (Fsp3) is 0.333. The van der Waals surface area contributed by atoms with Gasteiger partial charge in [0, 0.05) is 26.2 Å². The lowest BCUT2D eigenvalue weighted by Crippen LogP contribution is -2.22. The topological polar surface area (TPSA) is 33.4 Å². The minimum Gasteiger partial charge on any atom is -0.357 e. The van der Waals surface area contributed by atoms with Crippen molar-refractivity contribution in [2.24, 2.45) is 12.0 Å². The summed E-state index contributed by atoms with van der Waals surface area (Å²) < 4.78 is 1.95. The molecule has 0 atom stereocenters. The highest BCUT2D eigenvalue weighted by Crippen LogP contribution is 2.27. The first-order valence-corrected chi connectivity index (χ1v) is 6.53. The first-order valence-electron chi connectivity index (χ1n) is 6.53. The molecule has 2 heterocycles. The zero-order valence-corrected chi connectivity index (χ0v) is 11.6. The normalized spacial score (nSPS) is 14.9. The largest absolute Gasteiger partial charge is 0.357 e. The van der Waals surface area contributed by atoms with Crippen molar-refractivity contribution in [3.63, 3.8) is 0 Å². The maximum Gasteiger partial charge on any atom is 0.136 e. The molecular formula is C15H18N4. The molecule has 0 fully saturated rings. The van der Waals surface area contributed by atoms with E-state index in [1.54, 1.807) is 0 Å². The molecule has 0 unspecified atom stereocenters. The summed E-state index contributed by atoms with van der Waals surface area (Å²) >= 11 is 0. The molecule has 0 amide bonds. The van der Waals surface area contributed by atoms with Gasteiger partial charge in [0.25, 0.3) is 0 Å². The van der Waals surface area contributed by atoms with E-state index < -0.39 is 0 Å². The molecule has 0 spiro atoms. The lowest BCUT2D eigenvalue weighted by Gasteiger charge is -2.17. The summed E-state index contributed by atoms with van der Waals surface area (Å²) in [6, 6.07) is 10.4. The number of hydrogen-bond donors (Lipinski definition) is 0. The molecule has 19 heavy (non-hydrogen) atoms. The third kappa shape index (κ3) is 1.93. The summed E-state index contributed by atoms with van der Waals surface area (Å²) in [6.45, 7) is 3.79. The third-order valence-corrected chi connectivity index (χ3v) is 3.54. The van der Waals surface area contributed by atoms with Crippen LogP contribution in [0.1, 0.15) is 16.8 Å². The number of aromatic nitrogens is 2. The lowest BCUT2D eigenvalue weighted by atomic mass is 10.0. The SMILES string of the molecule is Cc1nn(C)c2c1C(c1ccccc1)=NCCN2C. The molecule has 0 aliphatic carbocycles. The van der Waals surface area contributed by atoms with Crippen molar-refractivity contribution >= 4 is 11.5 Å². The molecule has 2 aromatic rings. The van der Waals surface area contributed by atoms with Crippen LogP contribution in [0.4, 0.5) is 5.82 Å². The smallest absolute Gasteiger partial charge is 0.136 e. The predicted octanol–water partition coefficient (Wildman–Crippen LogP) is 2.02. The van der Waals surface area contributed by atoms with Crippen molar-refractivity contribution in [2.75, 3.05) is 25.0 Å². The minimum atomic E-state index is 0.814. The second-order valence-electron chi connectivity index (χ2n) is 4.93. The maximum atomic E-state index is 4.78. The van der Waals surface area contributed by atoms with Crippen molar-refractivity contribution in [3.8, 4) is 0 Å². The fourth-order valence-corrected chi connectivity index (χ4v) is 2.69. The number of hydrogen-bond acceptors (Lipinski definition) is 3. The summed E-state index contributed by atoms with van der Waals surface area (Å²) in [5, 5.41) is 4.55. The molecule has 4 nitrogen and oxygen atoms in total. The number of benzene rings is 1. The zero-order chi connectivity index (χ0) is 13.4. The van der Waals surface area contributed by atoms with Gasteiger partial charge in [0.1, 0.15) is 5.82 Å². The molecule has 0 saturated carbocycles. The van der Waals surface area contributed by atoms with Crippen LogP contribution in [0.2, 0.25) is 0 Å². The van der Waals surface area contributed by atoms with Crippen LogP contribution in [0.5, 0.6) is 0 Å². The van der Waals surface area contributed by atoms with Crippen LogP contribution >= 0.6 is 0 Å². The molecule has 1 aromatic carbocycles.